The third-order valence-corrected chi connectivity index (χ3v) is 4.06. The van der Waals surface area contributed by atoms with Crippen LogP contribution in [0.25, 0.3) is 4.91 Å². The third-order valence-electron chi connectivity index (χ3n) is 2.84. The van der Waals surface area contributed by atoms with E-state index in [0.717, 1.165) is 0 Å². The van der Waals surface area contributed by atoms with E-state index in [1.807, 2.05) is 11.8 Å². The van der Waals surface area contributed by atoms with Gasteiger partial charge in [0.25, 0.3) is 0 Å². The first kappa shape index (κ1) is 10.8. The molecule has 0 N–H and O–H groups in total. The van der Waals surface area contributed by atoms with Gasteiger partial charge in [-0.15, -0.1) is 11.8 Å². The average Bonchev–Trinajstić information content (AvgIpc) is 2.75. The van der Waals surface area contributed by atoms with Gasteiger partial charge in [0.2, 0.25) is 0 Å². The van der Waals surface area contributed by atoms with Crippen LogP contribution in [-0.2, 0) is 0 Å². The lowest BCUT2D eigenvalue weighted by Crippen LogP contribution is -1.84. The molecular weight excluding hydrogens is 200 g/mol. The summed E-state index contributed by atoms with van der Waals surface area (Å²) >= 11 is 2.03. The van der Waals surface area contributed by atoms with Crippen LogP contribution >= 0.6 is 11.8 Å². The molecule has 0 fully saturated rings. The van der Waals surface area contributed by atoms with E-state index in [0.29, 0.717) is 0 Å². The van der Waals surface area contributed by atoms with E-state index in [1.165, 1.54) is 37.0 Å². The molecule has 0 amide bonds. The summed E-state index contributed by atoms with van der Waals surface area (Å²) in [6.07, 6.45) is 5.24. The molecule has 0 saturated carbocycles. The fraction of sp³-hybridized carbons (Fsp3) is 0.429. The molecule has 0 bridgehead atoms. The number of benzene rings is 1. The molecule has 0 spiro atoms. The van der Waals surface area contributed by atoms with Crippen molar-refractivity contribution in [2.45, 2.75) is 32.6 Å². The van der Waals surface area contributed by atoms with Crippen molar-refractivity contribution in [2.75, 3.05) is 5.75 Å². The monoisotopic (exact) mass is 218 g/mol. The summed E-state index contributed by atoms with van der Waals surface area (Å²) in [6, 6.07) is 10.8. The molecule has 1 aliphatic rings. The van der Waals surface area contributed by atoms with Gasteiger partial charge in [0.05, 0.1) is 0 Å². The van der Waals surface area contributed by atoms with Crippen LogP contribution in [0, 0.1) is 0 Å². The Kier molecular flexibility index (Phi) is 3.90. The molecular formula is C14H18S. The van der Waals surface area contributed by atoms with Gasteiger partial charge in [-0.2, -0.15) is 0 Å². The molecule has 0 atom stereocenters. The molecule has 1 aromatic rings. The van der Waals surface area contributed by atoms with E-state index in [-0.39, 0.29) is 0 Å². The molecule has 1 heteroatoms. The quantitative estimate of drug-likeness (QED) is 0.704. The predicted octanol–water partition coefficient (Wildman–Crippen LogP) is 4.72. The fourth-order valence-electron chi connectivity index (χ4n) is 2.00. The van der Waals surface area contributed by atoms with Crippen molar-refractivity contribution in [3.63, 3.8) is 0 Å². The Morgan fingerprint density at radius 3 is 2.73 bits per heavy atom. The number of unbranched alkanes of at least 4 members (excludes halogenated alkanes) is 1. The van der Waals surface area contributed by atoms with Crippen molar-refractivity contribution in [1.82, 2.24) is 0 Å². The first-order chi connectivity index (χ1) is 7.42. The molecule has 0 aromatic heterocycles. The highest BCUT2D eigenvalue weighted by Crippen LogP contribution is 2.40. The zero-order chi connectivity index (χ0) is 10.5. The van der Waals surface area contributed by atoms with Gasteiger partial charge >= 0.3 is 0 Å². The Hall–Kier alpha value is -0.690. The van der Waals surface area contributed by atoms with Crippen LogP contribution in [0.15, 0.2) is 35.9 Å². The van der Waals surface area contributed by atoms with Crippen molar-refractivity contribution < 1.29 is 0 Å². The molecule has 0 saturated heterocycles. The number of thioether (sulfide) groups is 1. The van der Waals surface area contributed by atoms with Gasteiger partial charge in [0, 0.05) is 10.7 Å². The second-order valence-corrected chi connectivity index (χ2v) is 5.11. The van der Waals surface area contributed by atoms with E-state index in [2.05, 4.69) is 37.3 Å². The minimum Gasteiger partial charge on any atom is -0.125 e. The summed E-state index contributed by atoms with van der Waals surface area (Å²) in [6.45, 7) is 2.27. The topological polar surface area (TPSA) is 0 Å². The number of hydrogen-bond donors (Lipinski definition) is 0. The van der Waals surface area contributed by atoms with Crippen LogP contribution in [0.4, 0.5) is 0 Å². The second-order valence-electron chi connectivity index (χ2n) is 4.00. The number of rotatable bonds is 4. The Labute approximate surface area is 96.8 Å². The van der Waals surface area contributed by atoms with Crippen molar-refractivity contribution >= 4 is 16.7 Å². The second kappa shape index (κ2) is 5.41. The van der Waals surface area contributed by atoms with Gasteiger partial charge in [0.1, 0.15) is 0 Å². The SMILES string of the molecule is CCCCC1=C(c2ccccc2)SCC1. The minimum absolute atomic E-state index is 1.28. The first-order valence-electron chi connectivity index (χ1n) is 5.82. The molecule has 0 aliphatic carbocycles. The zero-order valence-electron chi connectivity index (χ0n) is 9.33. The lowest BCUT2D eigenvalue weighted by atomic mass is 10.0. The molecule has 1 aliphatic heterocycles. The van der Waals surface area contributed by atoms with Crippen molar-refractivity contribution in [3.8, 4) is 0 Å². The summed E-state index contributed by atoms with van der Waals surface area (Å²) in [4.78, 5) is 1.56. The minimum atomic E-state index is 1.28. The van der Waals surface area contributed by atoms with Crippen LogP contribution < -0.4 is 0 Å². The molecule has 0 unspecified atom stereocenters. The zero-order valence-corrected chi connectivity index (χ0v) is 10.1. The van der Waals surface area contributed by atoms with Crippen LogP contribution in [0.2, 0.25) is 0 Å². The first-order valence-corrected chi connectivity index (χ1v) is 6.80. The Bertz CT molecular complexity index is 338. The van der Waals surface area contributed by atoms with Gasteiger partial charge in [-0.05, 0) is 24.8 Å². The van der Waals surface area contributed by atoms with E-state index in [1.54, 1.807) is 10.5 Å². The maximum absolute atomic E-state index is 2.27. The lowest BCUT2D eigenvalue weighted by Gasteiger charge is -2.06. The maximum atomic E-state index is 2.27. The highest BCUT2D eigenvalue weighted by Gasteiger charge is 2.15. The van der Waals surface area contributed by atoms with Gasteiger partial charge < -0.3 is 0 Å². The third kappa shape index (κ3) is 2.66. The predicted molar refractivity (Wildman–Crippen MR) is 70.0 cm³/mol. The van der Waals surface area contributed by atoms with E-state index < -0.39 is 0 Å². The van der Waals surface area contributed by atoms with Gasteiger partial charge in [-0.25, -0.2) is 0 Å². The lowest BCUT2D eigenvalue weighted by molar-refractivity contribution is 0.774. The normalized spacial score (nSPS) is 16.1. The fourth-order valence-corrected chi connectivity index (χ4v) is 3.26. The highest BCUT2D eigenvalue weighted by atomic mass is 32.2. The number of hydrogen-bond acceptors (Lipinski definition) is 1. The summed E-state index contributed by atoms with van der Waals surface area (Å²) in [5.74, 6) is 1.28. The number of allylic oxidation sites excluding steroid dienone is 1. The molecule has 2 rings (SSSR count). The average molecular weight is 218 g/mol. The summed E-state index contributed by atoms with van der Waals surface area (Å²) in [7, 11) is 0. The smallest absolute Gasteiger partial charge is 0.0137 e. The van der Waals surface area contributed by atoms with Crippen LogP contribution in [0.3, 0.4) is 0 Å². The van der Waals surface area contributed by atoms with E-state index in [9.17, 15) is 0 Å². The highest BCUT2D eigenvalue weighted by molar-refractivity contribution is 8.08. The van der Waals surface area contributed by atoms with Gasteiger partial charge in [0.15, 0.2) is 0 Å². The maximum Gasteiger partial charge on any atom is 0.0137 e. The summed E-state index contributed by atoms with van der Waals surface area (Å²) in [5.41, 5.74) is 3.11. The van der Waals surface area contributed by atoms with Crippen LogP contribution in [-0.4, -0.2) is 5.75 Å². The Morgan fingerprint density at radius 2 is 2.00 bits per heavy atom. The van der Waals surface area contributed by atoms with E-state index in [4.69, 9.17) is 0 Å². The van der Waals surface area contributed by atoms with Crippen LogP contribution in [0.1, 0.15) is 38.2 Å². The molecule has 1 aromatic carbocycles. The molecule has 15 heavy (non-hydrogen) atoms. The Morgan fingerprint density at radius 1 is 1.20 bits per heavy atom. The van der Waals surface area contributed by atoms with Gasteiger partial charge in [-0.1, -0.05) is 49.2 Å². The summed E-state index contributed by atoms with van der Waals surface area (Å²) < 4.78 is 0. The molecule has 1 heterocycles. The van der Waals surface area contributed by atoms with Crippen LogP contribution in [0.5, 0.6) is 0 Å². The van der Waals surface area contributed by atoms with Gasteiger partial charge in [-0.3, -0.25) is 0 Å². The van der Waals surface area contributed by atoms with Crippen molar-refractivity contribution in [2.24, 2.45) is 0 Å². The van der Waals surface area contributed by atoms with Crippen molar-refractivity contribution in [3.05, 3.63) is 41.5 Å². The summed E-state index contributed by atoms with van der Waals surface area (Å²) in [5, 5.41) is 0. The standard InChI is InChI=1S/C14H18S/c1-2-3-7-13-10-11-15-14(13)12-8-5-4-6-9-12/h4-6,8-9H,2-3,7,10-11H2,1H3. The van der Waals surface area contributed by atoms with E-state index >= 15 is 0 Å². The van der Waals surface area contributed by atoms with Crippen molar-refractivity contribution in [1.29, 1.82) is 0 Å². The molecule has 80 valence electrons. The largest absolute Gasteiger partial charge is 0.125 e. The molecule has 0 nitrogen and oxygen atoms in total. The Balaban J connectivity index is 2.18. The molecule has 0 radical (unpaired) electrons.